The number of rotatable bonds is 4. The summed E-state index contributed by atoms with van der Waals surface area (Å²) in [4.78, 5) is 15.4. The zero-order valence-corrected chi connectivity index (χ0v) is 12.8. The van der Waals surface area contributed by atoms with Gasteiger partial charge in [0.1, 0.15) is 0 Å². The fourth-order valence-electron chi connectivity index (χ4n) is 2.37. The quantitative estimate of drug-likeness (QED) is 0.586. The van der Waals surface area contributed by atoms with Crippen molar-refractivity contribution in [2.45, 2.75) is 12.8 Å². The number of hydrazone groups is 1. The molecule has 7 heteroatoms. The Balaban J connectivity index is 1.76. The molecule has 2 aromatic carbocycles. The molecule has 3 rings (SSSR count). The second kappa shape index (κ2) is 7.14. The molecule has 0 aromatic heterocycles. The molecule has 0 saturated heterocycles. The van der Waals surface area contributed by atoms with Gasteiger partial charge in [0.25, 0.3) is 0 Å². The molecule has 0 saturated carbocycles. The van der Waals surface area contributed by atoms with Gasteiger partial charge < -0.3 is 5.21 Å². The lowest BCUT2D eigenvalue weighted by Crippen LogP contribution is -2.99. The zero-order chi connectivity index (χ0) is 16.9. The van der Waals surface area contributed by atoms with E-state index in [4.69, 9.17) is 5.21 Å². The van der Waals surface area contributed by atoms with Crippen molar-refractivity contribution in [3.63, 3.8) is 0 Å². The lowest BCUT2D eigenvalue weighted by atomic mass is 10.0. The Kier molecular flexibility index (Phi) is 4.76. The molecule has 0 spiro atoms. The van der Waals surface area contributed by atoms with Gasteiger partial charge in [-0.1, -0.05) is 24.3 Å². The normalized spacial score (nSPS) is 15.9. The minimum Gasteiger partial charge on any atom is -0.595 e. The summed E-state index contributed by atoms with van der Waals surface area (Å²) in [5.41, 5.74) is 5.71. The molecule has 7 nitrogen and oxygen atoms in total. The summed E-state index contributed by atoms with van der Waals surface area (Å²) in [7, 11) is 0. The van der Waals surface area contributed by atoms with Crippen LogP contribution in [-0.2, 0) is 4.79 Å². The van der Waals surface area contributed by atoms with Gasteiger partial charge >= 0.3 is 0 Å². The van der Waals surface area contributed by atoms with Gasteiger partial charge in [-0.2, -0.15) is 10.3 Å². The number of aliphatic imine (C=N–C) groups is 1. The minimum atomic E-state index is -0.982. The highest BCUT2D eigenvalue weighted by atomic mass is 16.8. The van der Waals surface area contributed by atoms with Gasteiger partial charge in [-0.25, -0.2) is 10.6 Å². The fraction of sp³-hybridized carbons (Fsp3) is 0.118. The first kappa shape index (κ1) is 16.0. The van der Waals surface area contributed by atoms with Crippen LogP contribution in [0.3, 0.4) is 0 Å². The predicted molar refractivity (Wildman–Crippen MR) is 89.8 cm³/mol. The SMILES string of the molecule is O=C1CCC(c2ccc(N=Cc3ccccc3[NH+]([O-])O)cc2)=NN1. The third kappa shape index (κ3) is 3.72. The Morgan fingerprint density at radius 1 is 1.17 bits per heavy atom. The van der Waals surface area contributed by atoms with Crippen LogP contribution < -0.4 is 10.7 Å². The van der Waals surface area contributed by atoms with E-state index in [9.17, 15) is 10.0 Å². The summed E-state index contributed by atoms with van der Waals surface area (Å²) in [5.74, 6) is -0.0722. The highest BCUT2D eigenvalue weighted by Gasteiger charge is 2.12. The second-order valence-corrected chi connectivity index (χ2v) is 5.29. The van der Waals surface area contributed by atoms with Crippen LogP contribution in [0.25, 0.3) is 0 Å². The Morgan fingerprint density at radius 3 is 2.58 bits per heavy atom. The monoisotopic (exact) mass is 324 g/mol. The Hall–Kier alpha value is -2.87. The smallest absolute Gasteiger partial charge is 0.240 e. The average Bonchev–Trinajstić information content (AvgIpc) is 2.61. The molecule has 1 heterocycles. The molecular formula is C17H16N4O3. The molecule has 0 radical (unpaired) electrons. The number of hydrogen-bond donors (Lipinski definition) is 3. The van der Waals surface area contributed by atoms with Crippen molar-refractivity contribution in [1.29, 1.82) is 0 Å². The summed E-state index contributed by atoms with van der Waals surface area (Å²) in [6.07, 6.45) is 2.59. The summed E-state index contributed by atoms with van der Waals surface area (Å²) in [6.45, 7) is 0. The zero-order valence-electron chi connectivity index (χ0n) is 12.8. The summed E-state index contributed by atoms with van der Waals surface area (Å²) < 4.78 is 0. The van der Waals surface area contributed by atoms with E-state index in [2.05, 4.69) is 15.5 Å². The molecule has 1 amide bonds. The second-order valence-electron chi connectivity index (χ2n) is 5.29. The van der Waals surface area contributed by atoms with Gasteiger partial charge in [0.2, 0.25) is 5.91 Å². The van der Waals surface area contributed by atoms with Crippen LogP contribution in [0.2, 0.25) is 0 Å². The van der Waals surface area contributed by atoms with E-state index >= 15 is 0 Å². The van der Waals surface area contributed by atoms with Crippen LogP contribution in [0, 0.1) is 5.21 Å². The summed E-state index contributed by atoms with van der Waals surface area (Å²) in [6, 6.07) is 14.1. The van der Waals surface area contributed by atoms with E-state index in [-0.39, 0.29) is 11.6 Å². The third-order valence-electron chi connectivity index (χ3n) is 3.65. The van der Waals surface area contributed by atoms with Crippen LogP contribution in [0.4, 0.5) is 11.4 Å². The molecule has 1 aliphatic rings. The maximum atomic E-state index is 11.2. The van der Waals surface area contributed by atoms with Gasteiger partial charge in [-0.3, -0.25) is 9.79 Å². The van der Waals surface area contributed by atoms with Crippen LogP contribution in [0.5, 0.6) is 0 Å². The Labute approximate surface area is 138 Å². The maximum Gasteiger partial charge on any atom is 0.240 e. The van der Waals surface area contributed by atoms with Gasteiger partial charge in [0.05, 0.1) is 17.0 Å². The van der Waals surface area contributed by atoms with Gasteiger partial charge in [-0.15, -0.1) is 0 Å². The van der Waals surface area contributed by atoms with Crippen LogP contribution in [-0.4, -0.2) is 23.0 Å². The first-order chi connectivity index (χ1) is 11.6. The minimum absolute atomic E-state index is 0.0722. The first-order valence-corrected chi connectivity index (χ1v) is 7.46. The summed E-state index contributed by atoms with van der Waals surface area (Å²) in [5, 5.41) is 23.4. The molecule has 122 valence electrons. The van der Waals surface area contributed by atoms with Crippen molar-refractivity contribution in [3.05, 3.63) is 64.9 Å². The molecule has 2 aromatic rings. The predicted octanol–water partition coefficient (Wildman–Crippen LogP) is 1.45. The van der Waals surface area contributed by atoms with E-state index in [0.717, 1.165) is 11.3 Å². The number of benzene rings is 2. The number of para-hydroxylation sites is 1. The highest BCUT2D eigenvalue weighted by Crippen LogP contribution is 2.17. The number of nitrogens with zero attached hydrogens (tertiary/aromatic N) is 2. The van der Waals surface area contributed by atoms with E-state index in [1.165, 1.54) is 6.21 Å². The van der Waals surface area contributed by atoms with E-state index in [1.54, 1.807) is 24.3 Å². The number of carbonyl (C=O) groups is 1. The molecule has 1 aliphatic heterocycles. The van der Waals surface area contributed by atoms with Crippen molar-refractivity contribution >= 4 is 29.2 Å². The van der Waals surface area contributed by atoms with Crippen molar-refractivity contribution in [2.75, 3.05) is 0 Å². The van der Waals surface area contributed by atoms with E-state index in [0.29, 0.717) is 24.1 Å². The van der Waals surface area contributed by atoms with E-state index in [1.807, 2.05) is 24.3 Å². The molecule has 3 N–H and O–H groups in total. The summed E-state index contributed by atoms with van der Waals surface area (Å²) >= 11 is 0. The van der Waals surface area contributed by atoms with Gasteiger partial charge in [0.15, 0.2) is 5.69 Å². The lowest BCUT2D eigenvalue weighted by molar-refractivity contribution is -0.991. The molecule has 0 bridgehead atoms. The molecule has 0 fully saturated rings. The number of hydrogen-bond acceptors (Lipinski definition) is 5. The number of nitrogens with one attached hydrogen (secondary N) is 2. The first-order valence-electron chi connectivity index (χ1n) is 7.46. The van der Waals surface area contributed by atoms with Gasteiger partial charge in [-0.05, 0) is 23.8 Å². The largest absolute Gasteiger partial charge is 0.595 e. The third-order valence-corrected chi connectivity index (χ3v) is 3.65. The van der Waals surface area contributed by atoms with Crippen LogP contribution in [0.1, 0.15) is 24.0 Å². The number of quaternary nitrogens is 1. The topological polar surface area (TPSA) is 102 Å². The maximum absolute atomic E-state index is 11.2. The molecule has 0 aliphatic carbocycles. The average molecular weight is 324 g/mol. The number of carbonyl (C=O) groups excluding carboxylic acids is 1. The van der Waals surface area contributed by atoms with Crippen molar-refractivity contribution in [3.8, 4) is 0 Å². The molecule has 1 unspecified atom stereocenters. The number of amides is 1. The van der Waals surface area contributed by atoms with Crippen molar-refractivity contribution < 1.29 is 15.2 Å². The van der Waals surface area contributed by atoms with Crippen molar-refractivity contribution in [2.24, 2.45) is 10.1 Å². The van der Waals surface area contributed by atoms with Crippen molar-refractivity contribution in [1.82, 2.24) is 5.43 Å². The van der Waals surface area contributed by atoms with Gasteiger partial charge in [0, 0.05) is 25.1 Å². The Morgan fingerprint density at radius 2 is 1.92 bits per heavy atom. The highest BCUT2D eigenvalue weighted by molar-refractivity contribution is 6.04. The fourth-order valence-corrected chi connectivity index (χ4v) is 2.37. The molecule has 1 atom stereocenters. The van der Waals surface area contributed by atoms with E-state index < -0.39 is 5.23 Å². The van der Waals surface area contributed by atoms with Crippen LogP contribution in [0.15, 0.2) is 58.6 Å². The molecular weight excluding hydrogens is 308 g/mol. The lowest BCUT2D eigenvalue weighted by Gasteiger charge is -2.13. The standard InChI is InChI=1S/C17H16N4O3/c22-17-10-9-15(19-20-17)12-5-7-14(8-6-12)18-11-13-3-1-2-4-16(13)21(23)24/h1-8,11,21,23H,9-10H2,(H,20,22). The molecule has 24 heavy (non-hydrogen) atoms. The van der Waals surface area contributed by atoms with Crippen LogP contribution >= 0.6 is 0 Å². The Bertz CT molecular complexity index is 798.